The molecule has 0 saturated heterocycles. The molecule has 0 saturated carbocycles. The number of hydrogen-bond acceptors (Lipinski definition) is 6. The molecule has 9 heteroatoms. The minimum atomic E-state index is -0.378. The second-order valence-electron chi connectivity index (χ2n) is 9.11. The van der Waals surface area contributed by atoms with Gasteiger partial charge in [-0.2, -0.15) is 5.10 Å². The summed E-state index contributed by atoms with van der Waals surface area (Å²) in [6, 6.07) is 10.8. The lowest BCUT2D eigenvalue weighted by Gasteiger charge is -2.22. The highest BCUT2D eigenvalue weighted by atomic mass is 19.1. The van der Waals surface area contributed by atoms with Gasteiger partial charge >= 0.3 is 0 Å². The third-order valence-electron chi connectivity index (χ3n) is 6.32. The minimum absolute atomic E-state index is 0.0574. The molecule has 184 valence electrons. The molecule has 0 spiro atoms. The van der Waals surface area contributed by atoms with Crippen LogP contribution < -0.4 is 15.4 Å². The number of carbonyl (C=O) groups excluding carboxylic acids is 1. The molecule has 2 N–H and O–H groups in total. The number of halogens is 1. The normalized spacial score (nSPS) is 13.7. The number of aryl methyl sites for hydroxylation is 2. The van der Waals surface area contributed by atoms with E-state index in [2.05, 4.69) is 45.3 Å². The van der Waals surface area contributed by atoms with Crippen molar-refractivity contribution in [3.05, 3.63) is 88.6 Å². The molecule has 0 bridgehead atoms. The molecule has 4 aromatic rings. The van der Waals surface area contributed by atoms with E-state index in [1.807, 2.05) is 12.1 Å². The fraction of sp³-hybridized carbons (Fsp3) is 0.259. The first-order valence-electron chi connectivity index (χ1n) is 11.7. The summed E-state index contributed by atoms with van der Waals surface area (Å²) in [6.07, 6.45) is 2.16. The van der Waals surface area contributed by atoms with Gasteiger partial charge in [-0.25, -0.2) is 14.4 Å². The number of ether oxygens (including phenoxy) is 1. The van der Waals surface area contributed by atoms with Crippen molar-refractivity contribution in [2.24, 2.45) is 7.05 Å². The molecular weight excluding hydrogens is 459 g/mol. The van der Waals surface area contributed by atoms with Crippen molar-refractivity contribution in [2.45, 2.75) is 32.9 Å². The van der Waals surface area contributed by atoms with Gasteiger partial charge in [0.15, 0.2) is 11.5 Å². The van der Waals surface area contributed by atoms with Crippen LogP contribution in [0.1, 0.15) is 45.7 Å². The van der Waals surface area contributed by atoms with Gasteiger partial charge in [0.2, 0.25) is 0 Å². The predicted octanol–water partition coefficient (Wildman–Crippen LogP) is 4.41. The third-order valence-corrected chi connectivity index (χ3v) is 6.32. The van der Waals surface area contributed by atoms with Crippen LogP contribution in [0, 0.1) is 12.7 Å². The van der Waals surface area contributed by atoms with Gasteiger partial charge in [-0.3, -0.25) is 9.48 Å². The van der Waals surface area contributed by atoms with Crippen molar-refractivity contribution in [1.82, 2.24) is 25.1 Å². The lowest BCUT2D eigenvalue weighted by molar-refractivity contribution is 0.0947. The van der Waals surface area contributed by atoms with Crippen LogP contribution in [0.4, 0.5) is 10.2 Å². The summed E-state index contributed by atoms with van der Waals surface area (Å²) in [5.74, 6) is 0.918. The molecule has 0 radical (unpaired) electrons. The number of benzene rings is 2. The van der Waals surface area contributed by atoms with Gasteiger partial charge in [-0.1, -0.05) is 24.8 Å². The SMILES string of the molecule is C=C1COc2ccc(C(C)Nc3c4ncnc(C(=O)NCc5ccc(F)c(C)c5)c4nn3C)cc2C1. The van der Waals surface area contributed by atoms with Gasteiger partial charge in [-0.15, -0.1) is 0 Å². The number of hydrogen-bond donors (Lipinski definition) is 2. The van der Waals surface area contributed by atoms with Crippen LogP contribution in [-0.4, -0.2) is 32.3 Å². The van der Waals surface area contributed by atoms with Crippen LogP contribution in [0.5, 0.6) is 5.75 Å². The van der Waals surface area contributed by atoms with Crippen LogP contribution in [0.15, 0.2) is 54.9 Å². The fourth-order valence-electron chi connectivity index (χ4n) is 4.35. The largest absolute Gasteiger partial charge is 0.489 e. The lowest BCUT2D eigenvalue weighted by Crippen LogP contribution is -2.24. The zero-order valence-corrected chi connectivity index (χ0v) is 20.4. The average molecular weight is 487 g/mol. The van der Waals surface area contributed by atoms with Crippen LogP contribution in [0.25, 0.3) is 11.0 Å². The average Bonchev–Trinajstić information content (AvgIpc) is 3.18. The summed E-state index contributed by atoms with van der Waals surface area (Å²) < 4.78 is 20.9. The van der Waals surface area contributed by atoms with Gasteiger partial charge in [0.1, 0.15) is 35.5 Å². The summed E-state index contributed by atoms with van der Waals surface area (Å²) in [6.45, 7) is 8.58. The molecule has 8 nitrogen and oxygen atoms in total. The summed E-state index contributed by atoms with van der Waals surface area (Å²) in [4.78, 5) is 21.5. The molecule has 1 atom stereocenters. The number of anilines is 1. The van der Waals surface area contributed by atoms with E-state index < -0.39 is 0 Å². The highest BCUT2D eigenvalue weighted by molar-refractivity contribution is 6.04. The Kier molecular flexibility index (Phi) is 6.13. The smallest absolute Gasteiger partial charge is 0.272 e. The second-order valence-corrected chi connectivity index (χ2v) is 9.11. The summed E-state index contributed by atoms with van der Waals surface area (Å²) in [5, 5.41) is 10.9. The predicted molar refractivity (Wildman–Crippen MR) is 135 cm³/mol. The Balaban J connectivity index is 1.37. The Labute approximate surface area is 208 Å². The van der Waals surface area contributed by atoms with Crippen molar-refractivity contribution >= 4 is 22.8 Å². The molecule has 5 rings (SSSR count). The van der Waals surface area contributed by atoms with Crippen LogP contribution in [0.3, 0.4) is 0 Å². The molecule has 1 aliphatic heterocycles. The minimum Gasteiger partial charge on any atom is -0.489 e. The Bertz CT molecular complexity index is 1500. The molecule has 1 amide bonds. The Morgan fingerprint density at radius 2 is 2.06 bits per heavy atom. The van der Waals surface area contributed by atoms with E-state index in [-0.39, 0.29) is 30.0 Å². The van der Waals surface area contributed by atoms with E-state index in [9.17, 15) is 9.18 Å². The molecule has 2 aromatic carbocycles. The number of nitrogens with one attached hydrogen (secondary N) is 2. The molecular formula is C27H27FN6O2. The summed E-state index contributed by atoms with van der Waals surface area (Å²) in [5.41, 5.74) is 5.71. The molecule has 1 aliphatic rings. The van der Waals surface area contributed by atoms with Crippen molar-refractivity contribution in [1.29, 1.82) is 0 Å². The van der Waals surface area contributed by atoms with Crippen molar-refractivity contribution < 1.29 is 13.9 Å². The highest BCUT2D eigenvalue weighted by Gasteiger charge is 2.21. The first-order valence-corrected chi connectivity index (χ1v) is 11.7. The number of aromatic nitrogens is 4. The number of fused-ring (bicyclic) bond motifs is 2. The fourth-order valence-corrected chi connectivity index (χ4v) is 4.35. The van der Waals surface area contributed by atoms with Crippen LogP contribution >= 0.6 is 0 Å². The van der Waals surface area contributed by atoms with Crippen molar-refractivity contribution in [3.8, 4) is 5.75 Å². The van der Waals surface area contributed by atoms with Gasteiger partial charge in [0.25, 0.3) is 5.91 Å². The van der Waals surface area contributed by atoms with Gasteiger partial charge < -0.3 is 15.4 Å². The first kappa shape index (κ1) is 23.5. The van der Waals surface area contributed by atoms with E-state index in [0.717, 1.165) is 34.4 Å². The molecule has 3 heterocycles. The highest BCUT2D eigenvalue weighted by Crippen LogP contribution is 2.31. The number of nitrogens with zero attached hydrogens (tertiary/aromatic N) is 4. The van der Waals surface area contributed by atoms with Crippen molar-refractivity contribution in [2.75, 3.05) is 11.9 Å². The van der Waals surface area contributed by atoms with Crippen LogP contribution in [0.2, 0.25) is 0 Å². The van der Waals surface area contributed by atoms with Gasteiger partial charge in [0.05, 0.1) is 6.04 Å². The van der Waals surface area contributed by atoms with E-state index >= 15 is 0 Å². The van der Waals surface area contributed by atoms with E-state index in [4.69, 9.17) is 4.74 Å². The number of carbonyl (C=O) groups is 1. The quantitative estimate of drug-likeness (QED) is 0.392. The maximum atomic E-state index is 13.5. The Morgan fingerprint density at radius 3 is 2.86 bits per heavy atom. The molecule has 36 heavy (non-hydrogen) atoms. The maximum Gasteiger partial charge on any atom is 0.272 e. The lowest BCUT2D eigenvalue weighted by atomic mass is 9.98. The molecule has 1 unspecified atom stereocenters. The standard InChI is InChI=1S/C27H27FN6O2/c1-15-9-20-11-19(6-8-22(20)36-13-15)17(3)32-26-24-23(33-34(26)4)25(31-14-30-24)27(35)29-12-18-5-7-21(28)16(2)10-18/h5-8,10-11,14,17,32H,1,9,12-13H2,2-4H3,(H,29,35). The maximum absolute atomic E-state index is 13.5. The zero-order valence-electron chi connectivity index (χ0n) is 20.4. The second kappa shape index (κ2) is 9.41. The zero-order chi connectivity index (χ0) is 25.4. The number of amides is 1. The van der Waals surface area contributed by atoms with Crippen molar-refractivity contribution in [3.63, 3.8) is 0 Å². The molecule has 0 aliphatic carbocycles. The first-order chi connectivity index (χ1) is 17.3. The van der Waals surface area contributed by atoms with E-state index in [1.54, 1.807) is 30.8 Å². The summed E-state index contributed by atoms with van der Waals surface area (Å²) >= 11 is 0. The number of rotatable bonds is 6. The van der Waals surface area contributed by atoms with Gasteiger partial charge in [0, 0.05) is 20.0 Å². The topological polar surface area (TPSA) is 94.0 Å². The Hall–Kier alpha value is -4.27. The Morgan fingerprint density at radius 1 is 1.22 bits per heavy atom. The molecule has 2 aromatic heterocycles. The van der Waals surface area contributed by atoms with Crippen LogP contribution in [-0.2, 0) is 20.0 Å². The summed E-state index contributed by atoms with van der Waals surface area (Å²) in [7, 11) is 1.80. The van der Waals surface area contributed by atoms with Gasteiger partial charge in [-0.05, 0) is 59.9 Å². The monoisotopic (exact) mass is 486 g/mol. The molecule has 0 fully saturated rings. The van der Waals surface area contributed by atoms with E-state index in [1.165, 1.54) is 12.4 Å². The van der Waals surface area contributed by atoms with E-state index in [0.29, 0.717) is 29.0 Å². The third kappa shape index (κ3) is 4.51.